The number of carbonyl (C=O) groups excluding carboxylic acids is 3. The van der Waals surface area contributed by atoms with Crippen molar-refractivity contribution in [2.45, 2.75) is 21.5 Å². The summed E-state index contributed by atoms with van der Waals surface area (Å²) in [6, 6.07) is 15.8. The Kier molecular flexibility index (Phi) is 3.43. The van der Waals surface area contributed by atoms with Gasteiger partial charge in [-0.3, -0.25) is 19.8 Å². The van der Waals surface area contributed by atoms with Crippen LogP contribution in [0.5, 0.6) is 0 Å². The first-order chi connectivity index (χ1) is 13.9. The fourth-order valence-electron chi connectivity index (χ4n) is 5.32. The highest BCUT2D eigenvalue weighted by Gasteiger charge is 2.72. The molecule has 7 rings (SSSR count). The standard InChI is InChI=1S/C22H16Br2N2O3/c23-21-12-5-1-2-6-13(12)22(24,15-8-4-3-7-14(15)21)17-16(21)19(28)26(20(17)29)25-18(27)11-9-10-11/h1-8,11,16-17H,9-10H2,(H,25,27)/t16-,17+,21?,22?. The summed E-state index contributed by atoms with van der Waals surface area (Å²) in [5, 5.41) is 0.972. The highest BCUT2D eigenvalue weighted by atomic mass is 79.9. The Balaban J connectivity index is 1.59. The predicted molar refractivity (Wildman–Crippen MR) is 112 cm³/mol. The smallest absolute Gasteiger partial charge is 0.254 e. The van der Waals surface area contributed by atoms with E-state index in [0.717, 1.165) is 40.1 Å². The SMILES string of the molecule is O=C(NN1C(=O)[C@@H]2[C@H](C1=O)C1(Br)c3ccccc3C2(Br)c2ccccc21)C1CC1. The minimum absolute atomic E-state index is 0.0970. The van der Waals surface area contributed by atoms with Gasteiger partial charge < -0.3 is 0 Å². The maximum atomic E-state index is 13.5. The number of hydrogen-bond acceptors (Lipinski definition) is 3. The number of halogens is 2. The van der Waals surface area contributed by atoms with Crippen LogP contribution in [-0.4, -0.2) is 22.7 Å². The lowest BCUT2D eigenvalue weighted by molar-refractivity contribution is -0.149. The molecule has 5 nitrogen and oxygen atoms in total. The molecule has 7 heteroatoms. The van der Waals surface area contributed by atoms with Gasteiger partial charge in [0.25, 0.3) is 11.8 Å². The lowest BCUT2D eigenvalue weighted by atomic mass is 9.54. The number of rotatable bonds is 2. The first kappa shape index (κ1) is 17.8. The van der Waals surface area contributed by atoms with Crippen LogP contribution in [0.2, 0.25) is 0 Å². The van der Waals surface area contributed by atoms with Gasteiger partial charge in [0.1, 0.15) is 0 Å². The number of imide groups is 1. The summed E-state index contributed by atoms with van der Waals surface area (Å²) in [4.78, 5) is 39.4. The number of hydrogen-bond donors (Lipinski definition) is 1. The zero-order chi connectivity index (χ0) is 20.1. The second-order valence-corrected chi connectivity index (χ2v) is 10.7. The molecule has 0 spiro atoms. The maximum absolute atomic E-state index is 13.5. The average Bonchev–Trinajstić information content (AvgIpc) is 3.55. The third-order valence-electron chi connectivity index (χ3n) is 6.76. The van der Waals surface area contributed by atoms with E-state index in [0.29, 0.717) is 0 Å². The van der Waals surface area contributed by atoms with E-state index in [1.165, 1.54) is 0 Å². The van der Waals surface area contributed by atoms with Gasteiger partial charge in [0, 0.05) is 5.92 Å². The molecule has 1 saturated carbocycles. The molecule has 2 aromatic carbocycles. The van der Waals surface area contributed by atoms with Gasteiger partial charge in [-0.15, -0.1) is 0 Å². The van der Waals surface area contributed by atoms with Crippen LogP contribution < -0.4 is 5.43 Å². The molecule has 2 aromatic rings. The first-order valence-corrected chi connectivity index (χ1v) is 11.2. The molecule has 1 saturated heterocycles. The van der Waals surface area contributed by atoms with Crippen molar-refractivity contribution in [2.75, 3.05) is 0 Å². The minimum atomic E-state index is -0.827. The number of alkyl halides is 2. The Morgan fingerprint density at radius 1 is 0.828 bits per heavy atom. The van der Waals surface area contributed by atoms with E-state index in [1.54, 1.807) is 0 Å². The van der Waals surface area contributed by atoms with Crippen LogP contribution in [0.15, 0.2) is 48.5 Å². The fourth-order valence-corrected chi connectivity index (χ4v) is 7.63. The van der Waals surface area contributed by atoms with E-state index in [-0.39, 0.29) is 23.6 Å². The molecular weight excluding hydrogens is 500 g/mol. The zero-order valence-electron chi connectivity index (χ0n) is 15.2. The molecule has 3 amide bonds. The summed E-state index contributed by atoms with van der Waals surface area (Å²) in [5.74, 6) is -2.38. The van der Waals surface area contributed by atoms with Crippen molar-refractivity contribution in [3.05, 3.63) is 70.8 Å². The van der Waals surface area contributed by atoms with E-state index in [9.17, 15) is 14.4 Å². The molecule has 0 radical (unpaired) electrons. The molecule has 2 fully saturated rings. The van der Waals surface area contributed by atoms with Crippen molar-refractivity contribution in [2.24, 2.45) is 17.8 Å². The second-order valence-electron chi connectivity index (χ2n) is 8.23. The van der Waals surface area contributed by atoms with Crippen molar-refractivity contribution in [1.82, 2.24) is 10.4 Å². The Bertz CT molecular complexity index is 1010. The average molecular weight is 516 g/mol. The Hall–Kier alpha value is -1.99. The van der Waals surface area contributed by atoms with Gasteiger partial charge in [-0.25, -0.2) is 0 Å². The van der Waals surface area contributed by atoms with Crippen molar-refractivity contribution < 1.29 is 14.4 Å². The van der Waals surface area contributed by atoms with Crippen LogP contribution in [0.1, 0.15) is 35.1 Å². The van der Waals surface area contributed by atoms with Gasteiger partial charge in [-0.1, -0.05) is 80.4 Å². The summed E-state index contributed by atoms with van der Waals surface area (Å²) in [6.45, 7) is 0. The van der Waals surface area contributed by atoms with E-state index in [2.05, 4.69) is 37.3 Å². The monoisotopic (exact) mass is 514 g/mol. The molecule has 0 unspecified atom stereocenters. The number of nitrogens with zero attached hydrogens (tertiary/aromatic N) is 1. The van der Waals surface area contributed by atoms with Gasteiger partial charge in [0.05, 0.1) is 20.5 Å². The fraction of sp³-hybridized carbons (Fsp3) is 0.318. The topological polar surface area (TPSA) is 66.5 Å². The highest BCUT2D eigenvalue weighted by Crippen LogP contribution is 2.70. The number of carbonyl (C=O) groups is 3. The molecule has 4 aliphatic carbocycles. The largest absolute Gasteiger partial charge is 0.273 e. The number of amides is 3. The first-order valence-electron chi connectivity index (χ1n) is 9.66. The molecule has 1 N–H and O–H groups in total. The van der Waals surface area contributed by atoms with Crippen LogP contribution >= 0.6 is 31.9 Å². The Morgan fingerprint density at radius 3 is 1.55 bits per heavy atom. The summed E-state index contributed by atoms with van der Waals surface area (Å²) < 4.78 is -1.65. The minimum Gasteiger partial charge on any atom is -0.273 e. The normalized spacial score (nSPS) is 33.9. The lowest BCUT2D eigenvalue weighted by Crippen LogP contribution is -2.56. The van der Waals surface area contributed by atoms with Gasteiger partial charge >= 0.3 is 0 Å². The Labute approximate surface area is 184 Å². The molecule has 2 atom stereocenters. The summed E-state index contributed by atoms with van der Waals surface area (Å²) in [7, 11) is 0. The molecule has 0 aromatic heterocycles. The van der Waals surface area contributed by atoms with Crippen LogP contribution in [0.25, 0.3) is 0 Å². The zero-order valence-corrected chi connectivity index (χ0v) is 18.4. The lowest BCUT2D eigenvalue weighted by Gasteiger charge is -2.55. The summed E-state index contributed by atoms with van der Waals surface area (Å²) in [5.41, 5.74) is 6.53. The van der Waals surface area contributed by atoms with E-state index in [4.69, 9.17) is 0 Å². The van der Waals surface area contributed by atoms with Crippen LogP contribution in [0, 0.1) is 17.8 Å². The van der Waals surface area contributed by atoms with Gasteiger partial charge in [0.2, 0.25) is 5.91 Å². The quantitative estimate of drug-likeness (QED) is 0.492. The molecule has 5 aliphatic rings. The van der Waals surface area contributed by atoms with Crippen LogP contribution in [0.4, 0.5) is 0 Å². The van der Waals surface area contributed by atoms with Gasteiger partial charge in [0.15, 0.2) is 0 Å². The molecule has 2 bridgehead atoms. The molecule has 146 valence electrons. The molecule has 29 heavy (non-hydrogen) atoms. The van der Waals surface area contributed by atoms with Crippen LogP contribution in [-0.2, 0) is 23.0 Å². The number of benzene rings is 2. The van der Waals surface area contributed by atoms with Crippen molar-refractivity contribution in [3.63, 3.8) is 0 Å². The van der Waals surface area contributed by atoms with E-state index in [1.807, 2.05) is 48.5 Å². The molecule has 1 heterocycles. The Morgan fingerprint density at radius 2 is 1.21 bits per heavy atom. The van der Waals surface area contributed by atoms with Gasteiger partial charge in [-0.2, -0.15) is 5.01 Å². The number of hydrazine groups is 1. The summed E-state index contributed by atoms with van der Waals surface area (Å²) >= 11 is 7.86. The molecular formula is C22H16Br2N2O3. The third-order valence-corrected chi connectivity index (χ3v) is 9.45. The van der Waals surface area contributed by atoms with Gasteiger partial charge in [-0.05, 0) is 35.1 Å². The van der Waals surface area contributed by atoms with Crippen molar-refractivity contribution in [1.29, 1.82) is 0 Å². The number of nitrogens with one attached hydrogen (secondary N) is 1. The maximum Gasteiger partial charge on any atom is 0.254 e. The van der Waals surface area contributed by atoms with E-state index >= 15 is 0 Å². The van der Waals surface area contributed by atoms with Crippen molar-refractivity contribution >= 4 is 49.6 Å². The third kappa shape index (κ3) is 1.98. The highest BCUT2D eigenvalue weighted by molar-refractivity contribution is 9.10. The predicted octanol–water partition coefficient (Wildman–Crippen LogP) is 3.33. The summed E-state index contributed by atoms with van der Waals surface area (Å²) in [6.07, 6.45) is 1.60. The second kappa shape index (κ2) is 5.58. The van der Waals surface area contributed by atoms with Crippen LogP contribution in [0.3, 0.4) is 0 Å². The van der Waals surface area contributed by atoms with Crippen molar-refractivity contribution in [3.8, 4) is 0 Å². The molecule has 1 aliphatic heterocycles. The van der Waals surface area contributed by atoms with E-state index < -0.39 is 20.5 Å².